The normalized spacial score (nSPS) is 16.8. The molecule has 1 heterocycles. The molecule has 0 saturated carbocycles. The van der Waals surface area contributed by atoms with Crippen LogP contribution in [-0.4, -0.2) is 65.7 Å². The first kappa shape index (κ1) is 19.1. The van der Waals surface area contributed by atoms with Gasteiger partial charge in [-0.15, -0.1) is 0 Å². The van der Waals surface area contributed by atoms with Crippen LogP contribution in [0, 0.1) is 10.1 Å². The second-order valence-corrected chi connectivity index (χ2v) is 6.73. The summed E-state index contributed by atoms with van der Waals surface area (Å²) < 4.78 is 0. The Morgan fingerprint density at radius 1 is 1.28 bits per heavy atom. The van der Waals surface area contributed by atoms with E-state index < -0.39 is 4.92 Å². The van der Waals surface area contributed by atoms with E-state index >= 15 is 0 Å². The Hall–Kier alpha value is -2.19. The zero-order chi connectivity index (χ0) is 18.6. The maximum absolute atomic E-state index is 12.1. The van der Waals surface area contributed by atoms with Gasteiger partial charge in [0.25, 0.3) is 11.6 Å². The molecule has 1 aromatic rings. The summed E-state index contributed by atoms with van der Waals surface area (Å²) in [7, 11) is 0. The van der Waals surface area contributed by atoms with Crippen LogP contribution >= 0.6 is 0 Å². The largest absolute Gasteiger partial charge is 0.392 e. The fourth-order valence-electron chi connectivity index (χ4n) is 2.97. The van der Waals surface area contributed by atoms with Crippen LogP contribution in [0.15, 0.2) is 18.2 Å². The van der Waals surface area contributed by atoms with Gasteiger partial charge in [-0.3, -0.25) is 19.8 Å². The number of carbonyl (C=O) groups is 1. The van der Waals surface area contributed by atoms with Gasteiger partial charge in [-0.1, -0.05) is 0 Å². The number of carbonyl (C=O) groups excluding carboxylic acids is 1. The molecule has 1 aromatic carbocycles. The number of benzene rings is 1. The molecule has 1 aliphatic heterocycles. The van der Waals surface area contributed by atoms with Crippen LogP contribution in [0.1, 0.15) is 31.1 Å². The molecule has 1 atom stereocenters. The van der Waals surface area contributed by atoms with Gasteiger partial charge in [-0.25, -0.2) is 0 Å². The smallest absolute Gasteiger partial charge is 0.293 e. The molecular weight excluding hydrogens is 324 g/mol. The van der Waals surface area contributed by atoms with E-state index in [4.69, 9.17) is 0 Å². The van der Waals surface area contributed by atoms with Crippen molar-refractivity contribution in [1.82, 2.24) is 10.2 Å². The van der Waals surface area contributed by atoms with Crippen LogP contribution in [0.3, 0.4) is 0 Å². The van der Waals surface area contributed by atoms with E-state index in [9.17, 15) is 20.0 Å². The van der Waals surface area contributed by atoms with E-state index in [1.807, 2.05) is 18.7 Å². The van der Waals surface area contributed by atoms with E-state index in [-0.39, 0.29) is 29.3 Å². The Labute approximate surface area is 147 Å². The van der Waals surface area contributed by atoms with Crippen molar-refractivity contribution in [2.24, 2.45) is 0 Å². The lowest BCUT2D eigenvalue weighted by Crippen LogP contribution is -2.48. The van der Waals surface area contributed by atoms with Gasteiger partial charge in [0.1, 0.15) is 5.69 Å². The molecule has 1 fully saturated rings. The van der Waals surface area contributed by atoms with E-state index in [2.05, 4.69) is 10.2 Å². The number of β-amino-alcohol motifs (C(OH)–C–C–N with tert-alkyl or cyclic N) is 1. The molecule has 138 valence electrons. The number of hydrogen-bond donors (Lipinski definition) is 2. The zero-order valence-corrected chi connectivity index (χ0v) is 14.9. The summed E-state index contributed by atoms with van der Waals surface area (Å²) >= 11 is 0. The summed E-state index contributed by atoms with van der Waals surface area (Å²) in [5.74, 6) is -0.314. The van der Waals surface area contributed by atoms with Crippen molar-refractivity contribution in [3.63, 3.8) is 0 Å². The third-order valence-electron chi connectivity index (χ3n) is 4.09. The van der Waals surface area contributed by atoms with Gasteiger partial charge in [0.15, 0.2) is 0 Å². The first-order valence-corrected chi connectivity index (χ1v) is 8.52. The molecule has 0 spiro atoms. The number of aliphatic hydroxyl groups is 1. The summed E-state index contributed by atoms with van der Waals surface area (Å²) in [5, 5.41) is 23.7. The topological polar surface area (TPSA) is 99.0 Å². The van der Waals surface area contributed by atoms with E-state index in [1.165, 1.54) is 6.07 Å². The number of nitro groups is 1. The Morgan fingerprint density at radius 3 is 2.44 bits per heavy atom. The van der Waals surface area contributed by atoms with Crippen molar-refractivity contribution in [2.45, 2.75) is 32.9 Å². The number of amides is 1. The fraction of sp³-hybridized carbons (Fsp3) is 0.588. The lowest BCUT2D eigenvalue weighted by molar-refractivity contribution is -0.384. The molecule has 0 bridgehead atoms. The van der Waals surface area contributed by atoms with E-state index in [0.717, 1.165) is 13.1 Å². The summed E-state index contributed by atoms with van der Waals surface area (Å²) in [6, 6.07) is 4.59. The standard InChI is InChI=1S/C17H26N4O4/c1-12(2)18-17(23)14-4-5-15(16(10-14)21(24)25)20-8-6-19(7-9-20)11-13(3)22/h4-5,10,12-13,22H,6-9,11H2,1-3H3,(H,18,23)/t13-/m1/s1. The summed E-state index contributed by atoms with van der Waals surface area (Å²) in [6.07, 6.45) is -0.389. The van der Waals surface area contributed by atoms with Crippen LogP contribution in [0.5, 0.6) is 0 Å². The van der Waals surface area contributed by atoms with Crippen LogP contribution in [0.25, 0.3) is 0 Å². The number of aliphatic hydroxyl groups excluding tert-OH is 1. The molecule has 1 aliphatic rings. The van der Waals surface area contributed by atoms with Crippen molar-refractivity contribution >= 4 is 17.3 Å². The minimum absolute atomic E-state index is 0.0340. The number of piperazine rings is 1. The first-order chi connectivity index (χ1) is 11.8. The molecule has 2 N–H and O–H groups in total. The predicted molar refractivity (Wildman–Crippen MR) is 96.0 cm³/mol. The van der Waals surface area contributed by atoms with Crippen LogP contribution in [-0.2, 0) is 0 Å². The van der Waals surface area contributed by atoms with Crippen molar-refractivity contribution in [3.05, 3.63) is 33.9 Å². The van der Waals surface area contributed by atoms with Crippen LogP contribution < -0.4 is 10.2 Å². The molecule has 1 saturated heterocycles. The molecule has 8 nitrogen and oxygen atoms in total. The summed E-state index contributed by atoms with van der Waals surface area (Å²) in [4.78, 5) is 27.2. The molecule has 0 aromatic heterocycles. The van der Waals surface area contributed by atoms with E-state index in [1.54, 1.807) is 19.1 Å². The van der Waals surface area contributed by atoms with Gasteiger partial charge >= 0.3 is 0 Å². The van der Waals surface area contributed by atoms with Crippen LogP contribution in [0.4, 0.5) is 11.4 Å². The average molecular weight is 350 g/mol. The Balaban J connectivity index is 2.16. The fourth-order valence-corrected chi connectivity index (χ4v) is 2.97. The SMILES string of the molecule is CC(C)NC(=O)c1ccc(N2CCN(C[C@@H](C)O)CC2)c([N+](=O)[O-])c1. The highest BCUT2D eigenvalue weighted by Crippen LogP contribution is 2.30. The minimum Gasteiger partial charge on any atom is -0.392 e. The molecule has 0 aliphatic carbocycles. The predicted octanol–water partition coefficient (Wildman–Crippen LogP) is 1.24. The van der Waals surface area contributed by atoms with Crippen molar-refractivity contribution < 1.29 is 14.8 Å². The van der Waals surface area contributed by atoms with Crippen molar-refractivity contribution in [2.75, 3.05) is 37.6 Å². The summed E-state index contributed by atoms with van der Waals surface area (Å²) in [6.45, 7) is 8.79. The molecule has 0 radical (unpaired) electrons. The molecule has 8 heteroatoms. The number of anilines is 1. The van der Waals surface area contributed by atoms with Gasteiger partial charge in [0.05, 0.1) is 11.0 Å². The highest BCUT2D eigenvalue weighted by Gasteiger charge is 2.25. The average Bonchev–Trinajstić information content (AvgIpc) is 2.53. The van der Waals surface area contributed by atoms with Crippen molar-refractivity contribution in [1.29, 1.82) is 0 Å². The quantitative estimate of drug-likeness (QED) is 0.591. The lowest BCUT2D eigenvalue weighted by atomic mass is 10.1. The van der Waals surface area contributed by atoms with Gasteiger partial charge in [-0.2, -0.15) is 0 Å². The maximum atomic E-state index is 12.1. The first-order valence-electron chi connectivity index (χ1n) is 8.52. The summed E-state index contributed by atoms with van der Waals surface area (Å²) in [5.41, 5.74) is 0.764. The zero-order valence-electron chi connectivity index (χ0n) is 14.9. The highest BCUT2D eigenvalue weighted by atomic mass is 16.6. The third-order valence-corrected chi connectivity index (χ3v) is 4.09. The number of hydrogen-bond acceptors (Lipinski definition) is 6. The number of rotatable bonds is 6. The molecule has 2 rings (SSSR count). The van der Waals surface area contributed by atoms with Gasteiger partial charge in [-0.05, 0) is 32.9 Å². The van der Waals surface area contributed by atoms with E-state index in [0.29, 0.717) is 25.3 Å². The number of nitro benzene ring substituents is 1. The Bertz CT molecular complexity index is 625. The van der Waals surface area contributed by atoms with Gasteiger partial charge in [0, 0.05) is 50.4 Å². The molecule has 1 amide bonds. The Kier molecular flexibility index (Phi) is 6.33. The second kappa shape index (κ2) is 8.26. The van der Waals surface area contributed by atoms with Gasteiger partial charge < -0.3 is 15.3 Å². The highest BCUT2D eigenvalue weighted by molar-refractivity contribution is 5.96. The monoisotopic (exact) mass is 350 g/mol. The molecule has 25 heavy (non-hydrogen) atoms. The molecule has 0 unspecified atom stereocenters. The lowest BCUT2D eigenvalue weighted by Gasteiger charge is -2.36. The minimum atomic E-state index is -0.441. The van der Waals surface area contributed by atoms with Crippen molar-refractivity contribution in [3.8, 4) is 0 Å². The second-order valence-electron chi connectivity index (χ2n) is 6.73. The van der Waals surface area contributed by atoms with Gasteiger partial charge in [0.2, 0.25) is 0 Å². The maximum Gasteiger partial charge on any atom is 0.293 e. The number of nitrogens with zero attached hydrogens (tertiary/aromatic N) is 3. The number of nitrogens with one attached hydrogen (secondary N) is 1. The third kappa shape index (κ3) is 5.14. The van der Waals surface area contributed by atoms with Crippen LogP contribution in [0.2, 0.25) is 0 Å². The molecular formula is C17H26N4O4. The Morgan fingerprint density at radius 2 is 1.92 bits per heavy atom.